The number of ether oxygens (including phenoxy) is 1. The number of hydrogen-bond donors (Lipinski definition) is 1. The lowest BCUT2D eigenvalue weighted by Crippen LogP contribution is -2.45. The molecule has 0 bridgehead atoms. The van der Waals surface area contributed by atoms with Gasteiger partial charge in [0.1, 0.15) is 10.6 Å². The van der Waals surface area contributed by atoms with Gasteiger partial charge < -0.3 is 9.84 Å². The number of piperidine rings is 1. The number of sulfonamides is 1. The van der Waals surface area contributed by atoms with Gasteiger partial charge in [0.15, 0.2) is 0 Å². The van der Waals surface area contributed by atoms with Crippen molar-refractivity contribution in [1.29, 1.82) is 0 Å². The Morgan fingerprint density at radius 1 is 1.41 bits per heavy atom. The van der Waals surface area contributed by atoms with Gasteiger partial charge in [-0.3, -0.25) is 4.79 Å². The zero-order valence-corrected chi connectivity index (χ0v) is 14.7. The van der Waals surface area contributed by atoms with E-state index in [0.29, 0.717) is 23.2 Å². The van der Waals surface area contributed by atoms with Crippen LogP contribution in [-0.4, -0.2) is 44.0 Å². The largest absolute Gasteiger partial charge is 0.497 e. The zero-order chi connectivity index (χ0) is 16.5. The van der Waals surface area contributed by atoms with Gasteiger partial charge in [0.05, 0.1) is 13.0 Å². The molecule has 1 aromatic rings. The van der Waals surface area contributed by atoms with Crippen LogP contribution in [0.5, 0.6) is 5.75 Å². The molecule has 0 aliphatic carbocycles. The second kappa shape index (κ2) is 6.55. The molecule has 6 nitrogen and oxygen atoms in total. The summed E-state index contributed by atoms with van der Waals surface area (Å²) in [5, 5.41) is 9.20. The lowest BCUT2D eigenvalue weighted by atomic mass is 9.92. The SMILES string of the molecule is COc1ccc(Br)c(S(=O)(=O)N2CC(C)CC(C(=O)O)C2)c1. The molecule has 2 unspecified atom stereocenters. The Morgan fingerprint density at radius 2 is 2.09 bits per heavy atom. The number of hydrogen-bond acceptors (Lipinski definition) is 4. The lowest BCUT2D eigenvalue weighted by Gasteiger charge is -2.34. The summed E-state index contributed by atoms with van der Waals surface area (Å²) in [5.41, 5.74) is 0. The van der Waals surface area contributed by atoms with Crippen LogP contribution >= 0.6 is 15.9 Å². The molecule has 2 rings (SSSR count). The first kappa shape index (κ1) is 17.2. The zero-order valence-electron chi connectivity index (χ0n) is 12.3. The van der Waals surface area contributed by atoms with Crippen molar-refractivity contribution in [2.24, 2.45) is 11.8 Å². The van der Waals surface area contributed by atoms with Gasteiger partial charge in [-0.2, -0.15) is 4.31 Å². The van der Waals surface area contributed by atoms with Gasteiger partial charge in [0, 0.05) is 23.6 Å². The van der Waals surface area contributed by atoms with Crippen molar-refractivity contribution in [1.82, 2.24) is 4.31 Å². The number of aliphatic carboxylic acids is 1. The molecule has 0 amide bonds. The molecule has 0 aromatic heterocycles. The van der Waals surface area contributed by atoms with Crippen LogP contribution in [0.25, 0.3) is 0 Å². The first-order valence-electron chi connectivity index (χ1n) is 6.82. The minimum absolute atomic E-state index is 0.00555. The van der Waals surface area contributed by atoms with Crippen LogP contribution in [0.4, 0.5) is 0 Å². The summed E-state index contributed by atoms with van der Waals surface area (Å²) >= 11 is 3.24. The summed E-state index contributed by atoms with van der Waals surface area (Å²) in [5.74, 6) is -1.21. The fraction of sp³-hybridized carbons (Fsp3) is 0.500. The van der Waals surface area contributed by atoms with E-state index in [1.807, 2.05) is 6.92 Å². The molecule has 2 atom stereocenters. The monoisotopic (exact) mass is 391 g/mol. The van der Waals surface area contributed by atoms with Crippen molar-refractivity contribution in [3.8, 4) is 5.75 Å². The average Bonchev–Trinajstić information content (AvgIpc) is 2.46. The normalized spacial score (nSPS) is 23.2. The Hall–Kier alpha value is -1.12. The number of carboxylic acid groups (broad SMARTS) is 1. The van der Waals surface area contributed by atoms with E-state index in [0.717, 1.165) is 0 Å². The summed E-state index contributed by atoms with van der Waals surface area (Å²) in [6.07, 6.45) is 0.487. The van der Waals surface area contributed by atoms with Crippen LogP contribution in [0.3, 0.4) is 0 Å². The van der Waals surface area contributed by atoms with Crippen molar-refractivity contribution >= 4 is 31.9 Å². The lowest BCUT2D eigenvalue weighted by molar-refractivity contribution is -0.143. The minimum atomic E-state index is -3.78. The maximum absolute atomic E-state index is 12.8. The van der Waals surface area contributed by atoms with Gasteiger partial charge in [0.25, 0.3) is 0 Å². The Kier molecular flexibility index (Phi) is 5.14. The van der Waals surface area contributed by atoms with E-state index in [-0.39, 0.29) is 17.4 Å². The van der Waals surface area contributed by atoms with E-state index >= 15 is 0 Å². The number of rotatable bonds is 4. The predicted molar refractivity (Wildman–Crippen MR) is 84.4 cm³/mol. The van der Waals surface area contributed by atoms with Crippen LogP contribution in [0, 0.1) is 11.8 Å². The Labute approximate surface area is 138 Å². The van der Waals surface area contributed by atoms with Gasteiger partial charge in [-0.25, -0.2) is 8.42 Å². The van der Waals surface area contributed by atoms with Crippen LogP contribution in [-0.2, 0) is 14.8 Å². The van der Waals surface area contributed by atoms with Gasteiger partial charge in [-0.1, -0.05) is 6.92 Å². The highest BCUT2D eigenvalue weighted by Crippen LogP contribution is 2.32. The molecule has 8 heteroatoms. The first-order valence-corrected chi connectivity index (χ1v) is 9.05. The third kappa shape index (κ3) is 3.44. The van der Waals surface area contributed by atoms with Crippen molar-refractivity contribution in [3.63, 3.8) is 0 Å². The fourth-order valence-corrected chi connectivity index (χ4v) is 5.17. The second-order valence-electron chi connectivity index (χ2n) is 5.49. The summed E-state index contributed by atoms with van der Waals surface area (Å²) in [7, 11) is -2.32. The number of carbonyl (C=O) groups is 1. The fourth-order valence-electron chi connectivity index (χ4n) is 2.63. The topological polar surface area (TPSA) is 83.9 Å². The van der Waals surface area contributed by atoms with Gasteiger partial charge in [-0.15, -0.1) is 0 Å². The maximum atomic E-state index is 12.8. The van der Waals surface area contributed by atoms with E-state index in [9.17, 15) is 18.3 Å². The predicted octanol–water partition coefficient (Wildman–Crippen LogP) is 2.19. The maximum Gasteiger partial charge on any atom is 0.307 e. The molecule has 0 radical (unpaired) electrons. The third-order valence-electron chi connectivity index (χ3n) is 3.73. The smallest absolute Gasteiger partial charge is 0.307 e. The van der Waals surface area contributed by atoms with Crippen LogP contribution in [0.1, 0.15) is 13.3 Å². The number of halogens is 1. The highest BCUT2D eigenvalue weighted by molar-refractivity contribution is 9.10. The Bertz CT molecular complexity index is 676. The first-order chi connectivity index (χ1) is 10.3. The molecule has 1 aliphatic heterocycles. The molecular formula is C14H18BrNO5S. The summed E-state index contributed by atoms with van der Waals surface area (Å²) in [6, 6.07) is 4.70. The van der Waals surface area contributed by atoms with Gasteiger partial charge >= 0.3 is 5.97 Å². The van der Waals surface area contributed by atoms with E-state index in [1.54, 1.807) is 12.1 Å². The number of benzene rings is 1. The molecule has 1 fully saturated rings. The molecular weight excluding hydrogens is 374 g/mol. The van der Waals surface area contributed by atoms with Gasteiger partial charge in [0.2, 0.25) is 10.0 Å². The van der Waals surface area contributed by atoms with Crippen molar-refractivity contribution in [2.75, 3.05) is 20.2 Å². The molecule has 1 saturated heterocycles. The molecule has 0 saturated carbocycles. The van der Waals surface area contributed by atoms with Crippen molar-refractivity contribution < 1.29 is 23.1 Å². The van der Waals surface area contributed by atoms with Crippen molar-refractivity contribution in [2.45, 2.75) is 18.2 Å². The van der Waals surface area contributed by atoms with Crippen LogP contribution < -0.4 is 4.74 Å². The molecule has 1 N–H and O–H groups in total. The Morgan fingerprint density at radius 3 is 2.68 bits per heavy atom. The minimum Gasteiger partial charge on any atom is -0.497 e. The van der Waals surface area contributed by atoms with Crippen molar-refractivity contribution in [3.05, 3.63) is 22.7 Å². The van der Waals surface area contributed by atoms with Gasteiger partial charge in [-0.05, 0) is 40.4 Å². The van der Waals surface area contributed by atoms with E-state index < -0.39 is 21.9 Å². The summed E-state index contributed by atoms with van der Waals surface area (Å²) in [4.78, 5) is 11.3. The quantitative estimate of drug-likeness (QED) is 0.849. The molecule has 1 aromatic carbocycles. The number of methoxy groups -OCH3 is 1. The van der Waals surface area contributed by atoms with Crippen LogP contribution in [0.15, 0.2) is 27.6 Å². The third-order valence-corrected chi connectivity index (χ3v) is 6.56. The average molecular weight is 392 g/mol. The number of nitrogens with zero attached hydrogens (tertiary/aromatic N) is 1. The highest BCUT2D eigenvalue weighted by Gasteiger charge is 2.37. The van der Waals surface area contributed by atoms with E-state index in [4.69, 9.17) is 4.74 Å². The van der Waals surface area contributed by atoms with Crippen LogP contribution in [0.2, 0.25) is 0 Å². The highest BCUT2D eigenvalue weighted by atomic mass is 79.9. The second-order valence-corrected chi connectivity index (χ2v) is 8.26. The molecule has 0 spiro atoms. The summed E-state index contributed by atoms with van der Waals surface area (Å²) < 4.78 is 32.4. The number of carboxylic acids is 1. The standard InChI is InChI=1S/C14H18BrNO5S/c1-9-5-10(14(17)18)8-16(7-9)22(19,20)13-6-11(21-2)3-4-12(13)15/h3-4,6,9-10H,5,7-8H2,1-2H3,(H,17,18). The molecule has 1 heterocycles. The molecule has 122 valence electrons. The molecule has 1 aliphatic rings. The summed E-state index contributed by atoms with van der Waals surface area (Å²) in [6.45, 7) is 2.17. The molecule has 22 heavy (non-hydrogen) atoms. The Balaban J connectivity index is 2.39. The van der Waals surface area contributed by atoms with E-state index in [1.165, 1.54) is 17.5 Å². The van der Waals surface area contributed by atoms with E-state index in [2.05, 4.69) is 15.9 Å².